The number of aromatic nitrogens is 2. The van der Waals surface area contributed by atoms with Gasteiger partial charge in [0.05, 0.1) is 5.69 Å². The van der Waals surface area contributed by atoms with Crippen molar-refractivity contribution >= 4 is 34.5 Å². The molecule has 2 aromatic heterocycles. The lowest BCUT2D eigenvalue weighted by Gasteiger charge is -2.28. The first-order valence-electron chi connectivity index (χ1n) is 9.03. The largest absolute Gasteiger partial charge is 0.507 e. The van der Waals surface area contributed by atoms with Gasteiger partial charge in [-0.1, -0.05) is 64.7 Å². The molecule has 0 fully saturated rings. The van der Waals surface area contributed by atoms with E-state index < -0.39 is 0 Å². The van der Waals surface area contributed by atoms with Crippen LogP contribution in [-0.2, 0) is 10.8 Å². The van der Waals surface area contributed by atoms with Gasteiger partial charge in [0, 0.05) is 27.6 Å². The molecule has 0 atom stereocenters. The van der Waals surface area contributed by atoms with Gasteiger partial charge in [-0.2, -0.15) is 0 Å². The molecule has 148 valence electrons. The fourth-order valence-corrected chi connectivity index (χ4v) is 4.33. The zero-order valence-electron chi connectivity index (χ0n) is 16.9. The highest BCUT2D eigenvalue weighted by atomic mass is 35.5. The third kappa shape index (κ3) is 4.35. The molecular formula is C22H24Cl2N2OS. The van der Waals surface area contributed by atoms with Gasteiger partial charge in [-0.15, -0.1) is 11.3 Å². The van der Waals surface area contributed by atoms with Crippen LogP contribution in [0, 0.1) is 0 Å². The minimum atomic E-state index is -0.189. The molecule has 6 heteroatoms. The van der Waals surface area contributed by atoms with Crippen LogP contribution in [0.1, 0.15) is 52.7 Å². The van der Waals surface area contributed by atoms with Gasteiger partial charge in [-0.25, -0.2) is 9.97 Å². The summed E-state index contributed by atoms with van der Waals surface area (Å²) in [5.74, 6) is 0.368. The lowest BCUT2D eigenvalue weighted by molar-refractivity contribution is 0.423. The standard InChI is InChI=1S/C22H24Cl2N2OS/c1-21(2,3)14-7-12(8-15(19(14)27)22(4,5)6)16-11-28-20(25-16)13-9-17(23)26-18(24)10-13/h7-11,27H,1-6H3. The van der Waals surface area contributed by atoms with Crippen molar-refractivity contribution in [1.82, 2.24) is 9.97 Å². The quantitative estimate of drug-likeness (QED) is 0.425. The van der Waals surface area contributed by atoms with E-state index in [1.807, 2.05) is 17.5 Å². The van der Waals surface area contributed by atoms with Crippen molar-refractivity contribution < 1.29 is 5.11 Å². The molecule has 3 aromatic rings. The lowest BCUT2D eigenvalue weighted by atomic mass is 9.78. The Hall–Kier alpha value is -1.62. The summed E-state index contributed by atoms with van der Waals surface area (Å²) in [6, 6.07) is 7.59. The first-order chi connectivity index (χ1) is 12.9. The third-order valence-electron chi connectivity index (χ3n) is 4.54. The summed E-state index contributed by atoms with van der Waals surface area (Å²) in [5, 5.41) is 14.4. The molecule has 28 heavy (non-hydrogen) atoms. The fraction of sp³-hybridized carbons (Fsp3) is 0.364. The number of rotatable bonds is 2. The second-order valence-electron chi connectivity index (χ2n) is 8.96. The third-order valence-corrected chi connectivity index (χ3v) is 5.81. The highest BCUT2D eigenvalue weighted by Gasteiger charge is 2.27. The van der Waals surface area contributed by atoms with E-state index in [-0.39, 0.29) is 10.8 Å². The SMILES string of the molecule is CC(C)(C)c1cc(-c2csc(-c3cc(Cl)nc(Cl)c3)n2)cc(C(C)(C)C)c1O. The van der Waals surface area contributed by atoms with Crippen molar-refractivity contribution in [3.8, 4) is 27.6 Å². The average Bonchev–Trinajstić information content (AvgIpc) is 3.02. The number of aromatic hydroxyl groups is 1. The Morgan fingerprint density at radius 1 is 0.786 bits per heavy atom. The minimum absolute atomic E-state index is 0.189. The second kappa shape index (κ2) is 7.33. The number of halogens is 2. The zero-order chi connectivity index (χ0) is 20.9. The Balaban J connectivity index is 2.15. The van der Waals surface area contributed by atoms with Gasteiger partial charge in [0.2, 0.25) is 0 Å². The van der Waals surface area contributed by atoms with Crippen LogP contribution in [-0.4, -0.2) is 15.1 Å². The average molecular weight is 435 g/mol. The summed E-state index contributed by atoms with van der Waals surface area (Å²) >= 11 is 13.6. The number of nitrogens with zero attached hydrogens (tertiary/aromatic N) is 2. The van der Waals surface area contributed by atoms with Crippen molar-refractivity contribution in [2.45, 2.75) is 52.4 Å². The van der Waals surface area contributed by atoms with Crippen molar-refractivity contribution in [3.05, 3.63) is 51.1 Å². The topological polar surface area (TPSA) is 46.0 Å². The van der Waals surface area contributed by atoms with E-state index in [9.17, 15) is 5.11 Å². The van der Waals surface area contributed by atoms with Gasteiger partial charge in [-0.05, 0) is 35.1 Å². The van der Waals surface area contributed by atoms with Crippen molar-refractivity contribution in [1.29, 1.82) is 0 Å². The summed E-state index contributed by atoms with van der Waals surface area (Å²) in [4.78, 5) is 8.79. The van der Waals surface area contributed by atoms with Crippen LogP contribution in [0.5, 0.6) is 5.75 Å². The Bertz CT molecular complexity index is 974. The molecule has 3 rings (SSSR count). The van der Waals surface area contributed by atoms with E-state index >= 15 is 0 Å². The number of phenols is 1. The van der Waals surface area contributed by atoms with Gasteiger partial charge in [-0.3, -0.25) is 0 Å². The fourth-order valence-electron chi connectivity index (χ4n) is 3.05. The Morgan fingerprint density at radius 2 is 1.29 bits per heavy atom. The molecule has 2 heterocycles. The summed E-state index contributed by atoms with van der Waals surface area (Å²) in [5.41, 5.74) is 4.14. The number of benzene rings is 1. The van der Waals surface area contributed by atoms with Gasteiger partial charge in [0.15, 0.2) is 0 Å². The number of hydrogen-bond donors (Lipinski definition) is 1. The van der Waals surface area contributed by atoms with Gasteiger partial charge < -0.3 is 5.11 Å². The predicted octanol–water partition coefficient (Wildman–Crippen LogP) is 7.48. The van der Waals surface area contributed by atoms with E-state index in [0.29, 0.717) is 16.1 Å². The number of hydrogen-bond acceptors (Lipinski definition) is 4. The lowest BCUT2D eigenvalue weighted by Crippen LogP contribution is -2.17. The summed E-state index contributed by atoms with van der Waals surface area (Å²) < 4.78 is 0. The molecule has 0 aliphatic rings. The maximum Gasteiger partial charge on any atom is 0.131 e. The maximum atomic E-state index is 10.9. The molecule has 0 bridgehead atoms. The van der Waals surface area contributed by atoms with Crippen LogP contribution in [0.2, 0.25) is 10.3 Å². The molecule has 0 radical (unpaired) electrons. The summed E-state index contributed by atoms with van der Waals surface area (Å²) in [6.45, 7) is 12.6. The molecular weight excluding hydrogens is 411 g/mol. The van der Waals surface area contributed by atoms with Crippen LogP contribution >= 0.6 is 34.5 Å². The number of thiazole rings is 1. The molecule has 3 nitrogen and oxygen atoms in total. The zero-order valence-corrected chi connectivity index (χ0v) is 19.2. The highest BCUT2D eigenvalue weighted by molar-refractivity contribution is 7.13. The maximum absolute atomic E-state index is 10.9. The van der Waals surface area contributed by atoms with Gasteiger partial charge in [0.1, 0.15) is 21.1 Å². The van der Waals surface area contributed by atoms with E-state index in [1.165, 1.54) is 11.3 Å². The van der Waals surface area contributed by atoms with E-state index in [0.717, 1.165) is 33.0 Å². The minimum Gasteiger partial charge on any atom is -0.507 e. The predicted molar refractivity (Wildman–Crippen MR) is 120 cm³/mol. The summed E-state index contributed by atoms with van der Waals surface area (Å²) in [6.07, 6.45) is 0. The Kier molecular flexibility index (Phi) is 5.52. The van der Waals surface area contributed by atoms with Crippen LogP contribution in [0.15, 0.2) is 29.6 Å². The van der Waals surface area contributed by atoms with E-state index in [1.54, 1.807) is 12.1 Å². The first-order valence-corrected chi connectivity index (χ1v) is 10.7. The summed E-state index contributed by atoms with van der Waals surface area (Å²) in [7, 11) is 0. The monoisotopic (exact) mass is 434 g/mol. The normalized spacial score (nSPS) is 12.4. The Labute approximate surface area is 180 Å². The molecule has 0 unspecified atom stereocenters. The van der Waals surface area contributed by atoms with Crippen molar-refractivity contribution in [2.24, 2.45) is 0 Å². The van der Waals surface area contributed by atoms with Gasteiger partial charge >= 0.3 is 0 Å². The van der Waals surface area contributed by atoms with Crippen molar-refractivity contribution in [2.75, 3.05) is 0 Å². The highest BCUT2D eigenvalue weighted by Crippen LogP contribution is 2.42. The molecule has 0 spiro atoms. The van der Waals surface area contributed by atoms with Gasteiger partial charge in [0.25, 0.3) is 0 Å². The number of phenolic OH excluding ortho intramolecular Hbond substituents is 1. The number of pyridine rings is 1. The van der Waals surface area contributed by atoms with Crippen LogP contribution in [0.4, 0.5) is 0 Å². The first kappa shape index (κ1) is 21.1. The molecule has 0 saturated heterocycles. The molecule has 1 N–H and O–H groups in total. The second-order valence-corrected chi connectivity index (χ2v) is 10.6. The molecule has 1 aromatic carbocycles. The van der Waals surface area contributed by atoms with E-state index in [2.05, 4.69) is 46.5 Å². The molecule has 0 aliphatic carbocycles. The van der Waals surface area contributed by atoms with Crippen LogP contribution in [0.25, 0.3) is 21.8 Å². The Morgan fingerprint density at radius 3 is 1.75 bits per heavy atom. The molecule has 0 aliphatic heterocycles. The van der Waals surface area contributed by atoms with E-state index in [4.69, 9.17) is 28.2 Å². The van der Waals surface area contributed by atoms with Crippen LogP contribution in [0.3, 0.4) is 0 Å². The molecule has 0 amide bonds. The molecule has 0 saturated carbocycles. The smallest absolute Gasteiger partial charge is 0.131 e. The van der Waals surface area contributed by atoms with Crippen molar-refractivity contribution in [3.63, 3.8) is 0 Å². The van der Waals surface area contributed by atoms with Crippen LogP contribution < -0.4 is 0 Å².